The summed E-state index contributed by atoms with van der Waals surface area (Å²) in [7, 11) is 0. The highest BCUT2D eigenvalue weighted by Crippen LogP contribution is 2.33. The van der Waals surface area contributed by atoms with Gasteiger partial charge in [0.1, 0.15) is 4.88 Å². The number of nitrogens with zero attached hydrogens (tertiary/aromatic N) is 4. The highest BCUT2D eigenvalue weighted by Gasteiger charge is 2.39. The van der Waals surface area contributed by atoms with Gasteiger partial charge in [-0.05, 0) is 38.8 Å². The van der Waals surface area contributed by atoms with Gasteiger partial charge in [-0.3, -0.25) is 4.79 Å². The van der Waals surface area contributed by atoms with Gasteiger partial charge in [-0.15, -0.1) is 23.7 Å². The van der Waals surface area contributed by atoms with Crippen molar-refractivity contribution in [2.24, 2.45) is 0 Å². The summed E-state index contributed by atoms with van der Waals surface area (Å²) in [6.45, 7) is 3.79. The van der Waals surface area contributed by atoms with Crippen molar-refractivity contribution in [3.63, 3.8) is 0 Å². The Bertz CT molecular complexity index is 709. The molecule has 2 atom stereocenters. The first-order valence-corrected chi connectivity index (χ1v) is 8.84. The zero-order valence-electron chi connectivity index (χ0n) is 13.4. The Hall–Kier alpha value is -1.57. The van der Waals surface area contributed by atoms with Gasteiger partial charge in [-0.1, -0.05) is 0 Å². The van der Waals surface area contributed by atoms with Crippen LogP contribution >= 0.6 is 23.7 Å². The molecule has 4 rings (SSSR count). The van der Waals surface area contributed by atoms with E-state index >= 15 is 0 Å². The van der Waals surface area contributed by atoms with Gasteiger partial charge in [0.05, 0.1) is 5.69 Å². The summed E-state index contributed by atoms with van der Waals surface area (Å²) < 4.78 is 0. The number of hydrogen-bond donors (Lipinski definition) is 1. The second-order valence-corrected chi connectivity index (χ2v) is 7.10. The van der Waals surface area contributed by atoms with Crippen LogP contribution in [0, 0.1) is 6.92 Å². The SMILES string of the molecule is Cc1nc(-c2ncccn2)sc1C(=O)N1C2CCNCC1CC2.Cl. The first-order valence-electron chi connectivity index (χ1n) is 8.02. The standard InChI is InChI=1S/C16H19N5OS.ClH/c1-10-13(23-15(20-10)14-18-6-2-7-19-14)16(22)21-11-3-4-12(21)9-17-8-5-11;/h2,6-7,11-12,17H,3-5,8-9H2,1H3;1H. The van der Waals surface area contributed by atoms with Gasteiger partial charge < -0.3 is 10.2 Å². The molecule has 0 spiro atoms. The summed E-state index contributed by atoms with van der Waals surface area (Å²) >= 11 is 1.41. The number of nitrogens with one attached hydrogen (secondary N) is 1. The molecule has 2 bridgehead atoms. The van der Waals surface area contributed by atoms with Crippen LogP contribution < -0.4 is 5.32 Å². The maximum absolute atomic E-state index is 13.1. The average Bonchev–Trinajstić information content (AvgIpc) is 3.06. The fraction of sp³-hybridized carbons (Fsp3) is 0.500. The van der Waals surface area contributed by atoms with Crippen LogP contribution in [0.4, 0.5) is 0 Å². The molecule has 0 aliphatic carbocycles. The Labute approximate surface area is 151 Å². The van der Waals surface area contributed by atoms with Crippen molar-refractivity contribution in [2.45, 2.75) is 38.3 Å². The monoisotopic (exact) mass is 365 g/mol. The van der Waals surface area contributed by atoms with E-state index in [0.717, 1.165) is 42.9 Å². The van der Waals surface area contributed by atoms with Crippen LogP contribution in [0.3, 0.4) is 0 Å². The fourth-order valence-corrected chi connectivity index (χ4v) is 4.49. The van der Waals surface area contributed by atoms with Crippen LogP contribution in [0.2, 0.25) is 0 Å². The van der Waals surface area contributed by atoms with E-state index in [2.05, 4.69) is 25.2 Å². The third-order valence-corrected chi connectivity index (χ3v) is 5.78. The lowest BCUT2D eigenvalue weighted by atomic mass is 10.1. The zero-order chi connectivity index (χ0) is 15.8. The molecule has 1 N–H and O–H groups in total. The smallest absolute Gasteiger partial charge is 0.266 e. The second-order valence-electron chi connectivity index (χ2n) is 6.10. The highest BCUT2D eigenvalue weighted by molar-refractivity contribution is 7.17. The lowest BCUT2D eigenvalue weighted by molar-refractivity contribution is 0.0684. The van der Waals surface area contributed by atoms with Crippen molar-refractivity contribution < 1.29 is 4.79 Å². The lowest BCUT2D eigenvalue weighted by Crippen LogP contribution is -2.42. The van der Waals surface area contributed by atoms with E-state index in [1.165, 1.54) is 11.3 Å². The molecule has 24 heavy (non-hydrogen) atoms. The van der Waals surface area contributed by atoms with Gasteiger partial charge in [-0.2, -0.15) is 0 Å². The minimum absolute atomic E-state index is 0. The van der Waals surface area contributed by atoms with Gasteiger partial charge in [0, 0.05) is 31.0 Å². The van der Waals surface area contributed by atoms with E-state index in [1.54, 1.807) is 18.5 Å². The van der Waals surface area contributed by atoms with Crippen LogP contribution in [0.15, 0.2) is 18.5 Å². The summed E-state index contributed by atoms with van der Waals surface area (Å²) in [4.78, 5) is 28.9. The van der Waals surface area contributed by atoms with Crippen molar-refractivity contribution >= 4 is 29.7 Å². The van der Waals surface area contributed by atoms with E-state index in [-0.39, 0.29) is 18.3 Å². The largest absolute Gasteiger partial charge is 0.331 e. The van der Waals surface area contributed by atoms with Gasteiger partial charge in [0.2, 0.25) is 0 Å². The van der Waals surface area contributed by atoms with Crippen molar-refractivity contribution in [3.8, 4) is 10.8 Å². The highest BCUT2D eigenvalue weighted by atomic mass is 35.5. The van der Waals surface area contributed by atoms with Crippen molar-refractivity contribution in [2.75, 3.05) is 13.1 Å². The van der Waals surface area contributed by atoms with E-state index in [9.17, 15) is 4.79 Å². The normalized spacial score (nSPS) is 22.8. The number of thiazole rings is 1. The number of fused-ring (bicyclic) bond motifs is 2. The van der Waals surface area contributed by atoms with E-state index < -0.39 is 0 Å². The van der Waals surface area contributed by atoms with Gasteiger partial charge in [0.25, 0.3) is 5.91 Å². The molecular formula is C16H20ClN5OS. The molecular weight excluding hydrogens is 346 g/mol. The summed E-state index contributed by atoms with van der Waals surface area (Å²) in [6, 6.07) is 2.45. The predicted octanol–water partition coefficient (Wildman–Crippen LogP) is 2.30. The molecule has 2 aromatic rings. The molecule has 0 radical (unpaired) electrons. The van der Waals surface area contributed by atoms with Crippen LogP contribution in [0.25, 0.3) is 10.8 Å². The number of rotatable bonds is 2. The van der Waals surface area contributed by atoms with Crippen LogP contribution in [0.1, 0.15) is 34.6 Å². The third-order valence-electron chi connectivity index (χ3n) is 4.64. The second kappa shape index (κ2) is 7.13. The lowest BCUT2D eigenvalue weighted by Gasteiger charge is -2.27. The number of hydrogen-bond acceptors (Lipinski definition) is 6. The summed E-state index contributed by atoms with van der Waals surface area (Å²) in [5, 5.41) is 4.15. The Balaban J connectivity index is 0.00000169. The first-order chi connectivity index (χ1) is 11.2. The van der Waals surface area contributed by atoms with Crippen LogP contribution in [-0.2, 0) is 0 Å². The topological polar surface area (TPSA) is 71.0 Å². The Morgan fingerprint density at radius 3 is 2.79 bits per heavy atom. The molecule has 128 valence electrons. The minimum Gasteiger partial charge on any atom is -0.331 e. The summed E-state index contributed by atoms with van der Waals surface area (Å²) in [5.74, 6) is 0.707. The average molecular weight is 366 g/mol. The molecule has 4 heterocycles. The van der Waals surface area contributed by atoms with E-state index in [4.69, 9.17) is 0 Å². The van der Waals surface area contributed by atoms with Crippen molar-refractivity contribution in [1.82, 2.24) is 25.2 Å². The number of carbonyl (C=O) groups excluding carboxylic acids is 1. The quantitative estimate of drug-likeness (QED) is 0.884. The molecule has 2 aromatic heterocycles. The van der Waals surface area contributed by atoms with Gasteiger partial charge >= 0.3 is 0 Å². The van der Waals surface area contributed by atoms with Crippen LogP contribution in [0.5, 0.6) is 0 Å². The maximum Gasteiger partial charge on any atom is 0.266 e. The van der Waals surface area contributed by atoms with Crippen LogP contribution in [-0.4, -0.2) is 50.9 Å². The third kappa shape index (κ3) is 3.03. The predicted molar refractivity (Wildman–Crippen MR) is 95.6 cm³/mol. The molecule has 2 saturated heterocycles. The zero-order valence-corrected chi connectivity index (χ0v) is 15.1. The molecule has 0 saturated carbocycles. The number of amides is 1. The van der Waals surface area contributed by atoms with Crippen molar-refractivity contribution in [3.05, 3.63) is 29.0 Å². The molecule has 6 nitrogen and oxygen atoms in total. The number of carbonyl (C=O) groups is 1. The molecule has 2 aliphatic rings. The number of halogens is 1. The summed E-state index contributed by atoms with van der Waals surface area (Å²) in [6.07, 6.45) is 6.64. The molecule has 1 amide bonds. The first kappa shape index (κ1) is 17.3. The van der Waals surface area contributed by atoms with Gasteiger partial charge in [0.15, 0.2) is 10.8 Å². The van der Waals surface area contributed by atoms with E-state index in [1.807, 2.05) is 6.92 Å². The Morgan fingerprint density at radius 2 is 2.00 bits per heavy atom. The maximum atomic E-state index is 13.1. The molecule has 8 heteroatoms. The molecule has 2 aliphatic heterocycles. The Morgan fingerprint density at radius 1 is 1.25 bits per heavy atom. The summed E-state index contributed by atoms with van der Waals surface area (Å²) in [5.41, 5.74) is 0.777. The molecule has 2 unspecified atom stereocenters. The number of aromatic nitrogens is 3. The molecule has 2 fully saturated rings. The van der Waals surface area contributed by atoms with Crippen molar-refractivity contribution in [1.29, 1.82) is 0 Å². The molecule has 0 aromatic carbocycles. The Kier molecular flexibility index (Phi) is 5.12. The van der Waals surface area contributed by atoms with Gasteiger partial charge in [-0.25, -0.2) is 15.0 Å². The fourth-order valence-electron chi connectivity index (χ4n) is 3.53. The number of aryl methyl sites for hydroxylation is 1. The minimum atomic E-state index is 0. The van der Waals surface area contributed by atoms with E-state index in [0.29, 0.717) is 22.9 Å².